The molecule has 2 heteroatoms. The molecule has 0 N–H and O–H groups in total. The predicted molar refractivity (Wildman–Crippen MR) is 90.8 cm³/mol. The maximum Gasteiger partial charge on any atom is 0.146 e. The zero-order chi connectivity index (χ0) is 16.4. The number of carbonyl (C=O) groups excluding carboxylic acids is 2. The van der Waals surface area contributed by atoms with E-state index in [-0.39, 0.29) is 16.7 Å². The lowest BCUT2D eigenvalue weighted by atomic mass is 9.44. The van der Waals surface area contributed by atoms with Gasteiger partial charge in [0.2, 0.25) is 0 Å². The van der Waals surface area contributed by atoms with Crippen molar-refractivity contribution in [1.29, 1.82) is 0 Å². The molecule has 4 rings (SSSR count). The third kappa shape index (κ3) is 1.99. The van der Waals surface area contributed by atoms with Gasteiger partial charge in [-0.1, -0.05) is 33.3 Å². The van der Waals surface area contributed by atoms with E-state index in [0.29, 0.717) is 24.0 Å². The standard InChI is InChI=1S/C21H30O2/c1-13-8-9-20(2)14(10-13)4-6-16-17-7-5-15(12-22)21(17,3)11-18(23)19(16)20/h5,12-14,16-17,19H,4,6-11H2,1-3H3/t13-,14+,16+,17+,19-,20+,21-/m1/s1. The molecule has 0 aliphatic heterocycles. The second kappa shape index (κ2) is 5.04. The first-order valence-corrected chi connectivity index (χ1v) is 9.58. The number of rotatable bonds is 1. The van der Waals surface area contributed by atoms with E-state index < -0.39 is 0 Å². The molecule has 126 valence electrons. The van der Waals surface area contributed by atoms with E-state index in [1.165, 1.54) is 32.1 Å². The molecule has 4 aliphatic carbocycles. The van der Waals surface area contributed by atoms with Crippen molar-refractivity contribution >= 4 is 12.1 Å². The molecule has 0 spiro atoms. The van der Waals surface area contributed by atoms with Crippen LogP contribution in [0.25, 0.3) is 0 Å². The smallest absolute Gasteiger partial charge is 0.146 e. The molecule has 23 heavy (non-hydrogen) atoms. The maximum absolute atomic E-state index is 13.2. The van der Waals surface area contributed by atoms with Gasteiger partial charge < -0.3 is 0 Å². The van der Waals surface area contributed by atoms with Crippen LogP contribution < -0.4 is 0 Å². The predicted octanol–water partition coefficient (Wildman–Crippen LogP) is 4.58. The minimum Gasteiger partial charge on any atom is -0.299 e. The third-order valence-electron chi connectivity index (χ3n) is 8.38. The fraction of sp³-hybridized carbons (Fsp3) is 0.810. The molecule has 0 aromatic carbocycles. The summed E-state index contributed by atoms with van der Waals surface area (Å²) in [5.41, 5.74) is 0.946. The monoisotopic (exact) mass is 314 g/mol. The van der Waals surface area contributed by atoms with Gasteiger partial charge in [-0.25, -0.2) is 0 Å². The highest BCUT2D eigenvalue weighted by Crippen LogP contribution is 2.65. The van der Waals surface area contributed by atoms with E-state index in [1.54, 1.807) is 0 Å². The Labute approximate surface area is 140 Å². The van der Waals surface area contributed by atoms with Crippen LogP contribution in [0.2, 0.25) is 0 Å². The quantitative estimate of drug-likeness (QED) is 0.664. The van der Waals surface area contributed by atoms with Crippen molar-refractivity contribution in [2.24, 2.45) is 40.4 Å². The number of aldehydes is 1. The van der Waals surface area contributed by atoms with E-state index >= 15 is 0 Å². The van der Waals surface area contributed by atoms with Gasteiger partial charge in [-0.15, -0.1) is 0 Å². The average Bonchev–Trinajstić information content (AvgIpc) is 2.83. The topological polar surface area (TPSA) is 34.1 Å². The number of hydrogen-bond acceptors (Lipinski definition) is 2. The number of allylic oxidation sites excluding steroid dienone is 2. The normalized spacial score (nSPS) is 52.2. The maximum atomic E-state index is 13.2. The Bertz CT molecular complexity index is 576. The van der Waals surface area contributed by atoms with Crippen molar-refractivity contribution in [1.82, 2.24) is 0 Å². The third-order valence-corrected chi connectivity index (χ3v) is 8.38. The van der Waals surface area contributed by atoms with Gasteiger partial charge in [-0.05, 0) is 66.8 Å². The summed E-state index contributed by atoms with van der Waals surface area (Å²) in [7, 11) is 0. The van der Waals surface area contributed by atoms with E-state index in [9.17, 15) is 9.59 Å². The highest BCUT2D eigenvalue weighted by atomic mass is 16.1. The first-order valence-electron chi connectivity index (χ1n) is 9.58. The van der Waals surface area contributed by atoms with Crippen molar-refractivity contribution in [2.75, 3.05) is 0 Å². The summed E-state index contributed by atoms with van der Waals surface area (Å²) in [5.74, 6) is 3.30. The van der Waals surface area contributed by atoms with Gasteiger partial charge in [-0.3, -0.25) is 9.59 Å². The lowest BCUT2D eigenvalue weighted by Crippen LogP contribution is -2.57. The molecule has 3 fully saturated rings. The zero-order valence-electron chi connectivity index (χ0n) is 14.8. The molecule has 0 heterocycles. The first-order chi connectivity index (χ1) is 10.9. The van der Waals surface area contributed by atoms with Crippen molar-refractivity contribution in [3.05, 3.63) is 11.6 Å². The Balaban J connectivity index is 1.70. The van der Waals surface area contributed by atoms with Gasteiger partial charge in [0.05, 0.1) is 0 Å². The van der Waals surface area contributed by atoms with Crippen LogP contribution in [0, 0.1) is 40.4 Å². The molecule has 2 nitrogen and oxygen atoms in total. The summed E-state index contributed by atoms with van der Waals surface area (Å²) in [6, 6.07) is 0. The summed E-state index contributed by atoms with van der Waals surface area (Å²) in [5, 5.41) is 0. The van der Waals surface area contributed by atoms with Crippen molar-refractivity contribution in [3.8, 4) is 0 Å². The summed E-state index contributed by atoms with van der Waals surface area (Å²) in [6.07, 6.45) is 11.1. The SMILES string of the molecule is C[C@@H]1CC[C@@]2(C)[C@@H](CC[C@@H]3[C@@H]2C(=O)C[C@]2(C)C(C=O)=CC[C@@H]32)C1. The Morgan fingerprint density at radius 2 is 2.00 bits per heavy atom. The Hall–Kier alpha value is -0.920. The van der Waals surface area contributed by atoms with Crippen molar-refractivity contribution < 1.29 is 9.59 Å². The molecule has 0 aromatic rings. The summed E-state index contributed by atoms with van der Waals surface area (Å²) >= 11 is 0. The van der Waals surface area contributed by atoms with Crippen LogP contribution in [0.5, 0.6) is 0 Å². The number of carbonyl (C=O) groups is 2. The van der Waals surface area contributed by atoms with Crippen LogP contribution in [0.15, 0.2) is 11.6 Å². The van der Waals surface area contributed by atoms with Crippen LogP contribution in [0.4, 0.5) is 0 Å². The van der Waals surface area contributed by atoms with Crippen LogP contribution >= 0.6 is 0 Å². The Morgan fingerprint density at radius 1 is 1.22 bits per heavy atom. The molecular weight excluding hydrogens is 284 g/mol. The lowest BCUT2D eigenvalue weighted by molar-refractivity contribution is -0.155. The van der Waals surface area contributed by atoms with Gasteiger partial charge in [0.25, 0.3) is 0 Å². The van der Waals surface area contributed by atoms with Crippen LogP contribution in [-0.4, -0.2) is 12.1 Å². The van der Waals surface area contributed by atoms with Gasteiger partial charge in [0.15, 0.2) is 0 Å². The summed E-state index contributed by atoms with van der Waals surface area (Å²) in [4.78, 5) is 24.7. The minimum absolute atomic E-state index is 0.175. The molecular formula is C21H30O2. The molecule has 0 aromatic heterocycles. The molecule has 4 aliphatic rings. The molecule has 7 atom stereocenters. The van der Waals surface area contributed by atoms with Crippen LogP contribution in [0.3, 0.4) is 0 Å². The zero-order valence-corrected chi connectivity index (χ0v) is 14.8. The van der Waals surface area contributed by atoms with Crippen molar-refractivity contribution in [3.63, 3.8) is 0 Å². The van der Waals surface area contributed by atoms with E-state index in [1.807, 2.05) is 0 Å². The number of ketones is 1. The molecule has 0 bridgehead atoms. The molecule has 0 radical (unpaired) electrons. The number of hydrogen-bond donors (Lipinski definition) is 0. The molecule has 0 saturated heterocycles. The fourth-order valence-corrected chi connectivity index (χ4v) is 7.08. The van der Waals surface area contributed by atoms with E-state index in [0.717, 1.165) is 30.1 Å². The van der Waals surface area contributed by atoms with Crippen molar-refractivity contribution in [2.45, 2.75) is 65.7 Å². The highest BCUT2D eigenvalue weighted by Gasteiger charge is 2.61. The van der Waals surface area contributed by atoms with Crippen LogP contribution in [-0.2, 0) is 9.59 Å². The number of Topliss-reactive ketones (excluding diaryl/α,β-unsaturated/α-hetero) is 1. The largest absolute Gasteiger partial charge is 0.299 e. The van der Waals surface area contributed by atoms with Crippen LogP contribution in [0.1, 0.15) is 65.7 Å². The van der Waals surface area contributed by atoms with E-state index in [2.05, 4.69) is 26.8 Å². The highest BCUT2D eigenvalue weighted by molar-refractivity contribution is 5.88. The fourth-order valence-electron chi connectivity index (χ4n) is 7.08. The van der Waals surface area contributed by atoms with Gasteiger partial charge in [-0.2, -0.15) is 0 Å². The molecule has 3 saturated carbocycles. The second-order valence-corrected chi connectivity index (χ2v) is 9.48. The Morgan fingerprint density at radius 3 is 2.74 bits per heavy atom. The molecule has 0 unspecified atom stereocenters. The molecule has 0 amide bonds. The second-order valence-electron chi connectivity index (χ2n) is 9.48. The Kier molecular flexibility index (Phi) is 3.42. The van der Waals surface area contributed by atoms with Gasteiger partial charge in [0.1, 0.15) is 12.1 Å². The van der Waals surface area contributed by atoms with Gasteiger partial charge in [0, 0.05) is 17.8 Å². The van der Waals surface area contributed by atoms with Gasteiger partial charge >= 0.3 is 0 Å². The van der Waals surface area contributed by atoms with E-state index in [4.69, 9.17) is 0 Å². The average molecular weight is 314 g/mol. The summed E-state index contributed by atoms with van der Waals surface area (Å²) in [6.45, 7) is 6.98. The summed E-state index contributed by atoms with van der Waals surface area (Å²) < 4.78 is 0. The number of fused-ring (bicyclic) bond motifs is 5. The first kappa shape index (κ1) is 15.6. The minimum atomic E-state index is -0.175. The lowest BCUT2D eigenvalue weighted by Gasteiger charge is -2.59.